The highest BCUT2D eigenvalue weighted by atomic mass is 16.5. The monoisotopic (exact) mass is 175 g/mol. The SMILES string of the molecule is CCOC(C)(C)CNCCCO. The van der Waals surface area contributed by atoms with Crippen molar-refractivity contribution in [3.05, 3.63) is 0 Å². The normalized spacial score (nSPS) is 12.0. The van der Waals surface area contributed by atoms with Gasteiger partial charge in [-0.25, -0.2) is 0 Å². The van der Waals surface area contributed by atoms with Crippen LogP contribution >= 0.6 is 0 Å². The van der Waals surface area contributed by atoms with Crippen LogP contribution < -0.4 is 5.32 Å². The predicted octanol–water partition coefficient (Wildman–Crippen LogP) is 0.774. The largest absolute Gasteiger partial charge is 0.396 e. The van der Waals surface area contributed by atoms with Gasteiger partial charge in [-0.1, -0.05) is 0 Å². The van der Waals surface area contributed by atoms with Crippen molar-refractivity contribution in [3.8, 4) is 0 Å². The average Bonchev–Trinajstić information content (AvgIpc) is 1.98. The molecule has 2 N–H and O–H groups in total. The van der Waals surface area contributed by atoms with E-state index in [1.54, 1.807) is 0 Å². The van der Waals surface area contributed by atoms with E-state index in [2.05, 4.69) is 19.2 Å². The van der Waals surface area contributed by atoms with Gasteiger partial charge < -0.3 is 15.2 Å². The molecule has 0 aromatic carbocycles. The molecule has 0 aromatic heterocycles. The van der Waals surface area contributed by atoms with Crippen molar-refractivity contribution in [2.75, 3.05) is 26.3 Å². The average molecular weight is 175 g/mol. The first kappa shape index (κ1) is 11.9. The predicted molar refractivity (Wildman–Crippen MR) is 50.3 cm³/mol. The van der Waals surface area contributed by atoms with Gasteiger partial charge in [0.05, 0.1) is 5.60 Å². The number of hydrogen-bond donors (Lipinski definition) is 2. The second-order valence-corrected chi connectivity index (χ2v) is 3.45. The summed E-state index contributed by atoms with van der Waals surface area (Å²) in [5.41, 5.74) is -0.0930. The summed E-state index contributed by atoms with van der Waals surface area (Å²) in [5.74, 6) is 0. The standard InChI is InChI=1S/C9H21NO2/c1-4-12-9(2,3)8-10-6-5-7-11/h10-11H,4-8H2,1-3H3. The van der Waals surface area contributed by atoms with Crippen LogP contribution in [0.3, 0.4) is 0 Å². The minimum absolute atomic E-state index is 0.0930. The van der Waals surface area contributed by atoms with Crippen LogP contribution in [0.15, 0.2) is 0 Å². The molecule has 3 heteroatoms. The lowest BCUT2D eigenvalue weighted by atomic mass is 10.1. The Balaban J connectivity index is 3.33. The van der Waals surface area contributed by atoms with Gasteiger partial charge in [0, 0.05) is 19.8 Å². The fourth-order valence-electron chi connectivity index (χ4n) is 1.04. The van der Waals surface area contributed by atoms with E-state index in [4.69, 9.17) is 9.84 Å². The van der Waals surface area contributed by atoms with Crippen LogP contribution in [0.4, 0.5) is 0 Å². The van der Waals surface area contributed by atoms with E-state index < -0.39 is 0 Å². The lowest BCUT2D eigenvalue weighted by molar-refractivity contribution is -0.00881. The second-order valence-electron chi connectivity index (χ2n) is 3.45. The first-order valence-electron chi connectivity index (χ1n) is 4.58. The smallest absolute Gasteiger partial charge is 0.0750 e. The minimum Gasteiger partial charge on any atom is -0.396 e. The van der Waals surface area contributed by atoms with Gasteiger partial charge in [-0.05, 0) is 33.7 Å². The van der Waals surface area contributed by atoms with Crippen LogP contribution in [0.5, 0.6) is 0 Å². The van der Waals surface area contributed by atoms with Crippen LogP contribution in [0.2, 0.25) is 0 Å². The Morgan fingerprint density at radius 3 is 2.58 bits per heavy atom. The maximum absolute atomic E-state index is 8.53. The first-order chi connectivity index (χ1) is 5.62. The second kappa shape index (κ2) is 6.40. The molecule has 0 spiro atoms. The summed E-state index contributed by atoms with van der Waals surface area (Å²) in [7, 11) is 0. The summed E-state index contributed by atoms with van der Waals surface area (Å²) in [5, 5.41) is 11.8. The molecule has 3 nitrogen and oxygen atoms in total. The van der Waals surface area contributed by atoms with Gasteiger partial charge in [-0.2, -0.15) is 0 Å². The summed E-state index contributed by atoms with van der Waals surface area (Å²) in [4.78, 5) is 0. The van der Waals surface area contributed by atoms with Gasteiger partial charge in [0.25, 0.3) is 0 Å². The molecule has 0 radical (unpaired) electrons. The van der Waals surface area contributed by atoms with Crippen molar-refractivity contribution >= 4 is 0 Å². The van der Waals surface area contributed by atoms with Gasteiger partial charge in [-0.15, -0.1) is 0 Å². The van der Waals surface area contributed by atoms with Crippen molar-refractivity contribution < 1.29 is 9.84 Å². The van der Waals surface area contributed by atoms with Gasteiger partial charge in [0.1, 0.15) is 0 Å². The Labute approximate surface area is 75.1 Å². The molecule has 74 valence electrons. The summed E-state index contributed by atoms with van der Waals surface area (Å²) in [6.45, 7) is 8.80. The van der Waals surface area contributed by atoms with Gasteiger partial charge in [0.15, 0.2) is 0 Å². The van der Waals surface area contributed by atoms with E-state index in [0.29, 0.717) is 0 Å². The van der Waals surface area contributed by atoms with E-state index in [-0.39, 0.29) is 12.2 Å². The van der Waals surface area contributed by atoms with Crippen molar-refractivity contribution in [2.45, 2.75) is 32.8 Å². The molecule has 0 saturated heterocycles. The number of aliphatic hydroxyl groups is 1. The minimum atomic E-state index is -0.0930. The zero-order valence-electron chi connectivity index (χ0n) is 8.39. The van der Waals surface area contributed by atoms with Crippen LogP contribution in [0.1, 0.15) is 27.2 Å². The summed E-state index contributed by atoms with van der Waals surface area (Å²) in [6, 6.07) is 0. The molecule has 0 heterocycles. The van der Waals surface area contributed by atoms with E-state index in [1.165, 1.54) is 0 Å². The van der Waals surface area contributed by atoms with Crippen LogP contribution in [0.25, 0.3) is 0 Å². The molecule has 0 bridgehead atoms. The maximum Gasteiger partial charge on any atom is 0.0750 e. The maximum atomic E-state index is 8.53. The highest BCUT2D eigenvalue weighted by Crippen LogP contribution is 2.06. The van der Waals surface area contributed by atoms with Crippen molar-refractivity contribution in [3.63, 3.8) is 0 Å². The number of hydrogen-bond acceptors (Lipinski definition) is 3. The zero-order valence-corrected chi connectivity index (χ0v) is 8.39. The zero-order chi connectivity index (χ0) is 9.45. The van der Waals surface area contributed by atoms with E-state index in [9.17, 15) is 0 Å². The highest BCUT2D eigenvalue weighted by molar-refractivity contribution is 4.71. The molecule has 0 fully saturated rings. The quantitative estimate of drug-likeness (QED) is 0.562. The first-order valence-corrected chi connectivity index (χ1v) is 4.58. The summed E-state index contributed by atoms with van der Waals surface area (Å²) < 4.78 is 5.48. The number of rotatable bonds is 7. The summed E-state index contributed by atoms with van der Waals surface area (Å²) in [6.07, 6.45) is 0.808. The van der Waals surface area contributed by atoms with E-state index >= 15 is 0 Å². The third kappa shape index (κ3) is 6.58. The molecule has 0 aliphatic heterocycles. The highest BCUT2D eigenvalue weighted by Gasteiger charge is 2.15. The molecular formula is C9H21NO2. The number of ether oxygens (including phenoxy) is 1. The number of nitrogens with one attached hydrogen (secondary N) is 1. The van der Waals surface area contributed by atoms with Gasteiger partial charge >= 0.3 is 0 Å². The Morgan fingerprint density at radius 2 is 2.08 bits per heavy atom. The number of aliphatic hydroxyl groups excluding tert-OH is 1. The van der Waals surface area contributed by atoms with Crippen LogP contribution in [-0.4, -0.2) is 37.0 Å². The molecule has 0 atom stereocenters. The molecule has 0 rings (SSSR count). The fourth-order valence-corrected chi connectivity index (χ4v) is 1.04. The molecule has 12 heavy (non-hydrogen) atoms. The molecule has 0 aliphatic rings. The van der Waals surface area contributed by atoms with E-state index in [0.717, 1.165) is 26.1 Å². The Bertz CT molecular complexity index is 105. The fraction of sp³-hybridized carbons (Fsp3) is 1.00. The van der Waals surface area contributed by atoms with Crippen LogP contribution in [0, 0.1) is 0 Å². The molecule has 0 aromatic rings. The van der Waals surface area contributed by atoms with Gasteiger partial charge in [0.2, 0.25) is 0 Å². The lowest BCUT2D eigenvalue weighted by Gasteiger charge is -2.24. The molecule has 0 unspecified atom stereocenters. The molecule has 0 aliphatic carbocycles. The Kier molecular flexibility index (Phi) is 6.34. The summed E-state index contributed by atoms with van der Waals surface area (Å²) >= 11 is 0. The molecule has 0 saturated carbocycles. The molecule has 0 amide bonds. The Hall–Kier alpha value is -0.120. The topological polar surface area (TPSA) is 41.5 Å². The van der Waals surface area contributed by atoms with Gasteiger partial charge in [-0.3, -0.25) is 0 Å². The third-order valence-electron chi connectivity index (χ3n) is 1.60. The molecular weight excluding hydrogens is 154 g/mol. The van der Waals surface area contributed by atoms with E-state index in [1.807, 2.05) is 6.92 Å². The third-order valence-corrected chi connectivity index (χ3v) is 1.60. The Morgan fingerprint density at radius 1 is 1.42 bits per heavy atom. The lowest BCUT2D eigenvalue weighted by Crippen LogP contribution is -2.38. The van der Waals surface area contributed by atoms with Crippen molar-refractivity contribution in [1.82, 2.24) is 5.32 Å². The van der Waals surface area contributed by atoms with Crippen molar-refractivity contribution in [1.29, 1.82) is 0 Å². The van der Waals surface area contributed by atoms with Crippen LogP contribution in [-0.2, 0) is 4.74 Å². The van der Waals surface area contributed by atoms with Crippen molar-refractivity contribution in [2.24, 2.45) is 0 Å².